The second-order valence-corrected chi connectivity index (χ2v) is 7.86. The van der Waals surface area contributed by atoms with Gasteiger partial charge >= 0.3 is 11.9 Å². The van der Waals surface area contributed by atoms with Crippen LogP contribution >= 0.6 is 0 Å². The topological polar surface area (TPSA) is 129 Å². The number of benzene rings is 3. The number of carbonyl (C=O) groups is 2. The number of fused-ring (bicyclic) bond motifs is 1. The number of carboxylic acids is 1. The van der Waals surface area contributed by atoms with Gasteiger partial charge in [-0.25, -0.2) is 4.79 Å². The summed E-state index contributed by atoms with van der Waals surface area (Å²) in [5.74, 6) is -1.86. The van der Waals surface area contributed by atoms with Crippen molar-refractivity contribution in [3.05, 3.63) is 71.8 Å². The fourth-order valence-electron chi connectivity index (χ4n) is 3.85. The van der Waals surface area contributed by atoms with Crippen LogP contribution in [-0.4, -0.2) is 46.9 Å². The van der Waals surface area contributed by atoms with E-state index in [2.05, 4.69) is 28.4 Å². The maximum Gasteiger partial charge on any atom is 0.394 e. The van der Waals surface area contributed by atoms with Gasteiger partial charge in [0.15, 0.2) is 0 Å². The number of hydrogen-bond acceptors (Lipinski definition) is 5. The Balaban J connectivity index is 1.34. The summed E-state index contributed by atoms with van der Waals surface area (Å²) < 4.78 is 6.05. The molecule has 1 aliphatic heterocycles. The first-order chi connectivity index (χ1) is 15.4. The van der Waals surface area contributed by atoms with Gasteiger partial charge in [-0.3, -0.25) is 15.1 Å². The molecule has 8 nitrogen and oxygen atoms in total. The molecule has 1 saturated heterocycles. The molecule has 1 fully saturated rings. The second-order valence-electron chi connectivity index (χ2n) is 7.86. The van der Waals surface area contributed by atoms with Gasteiger partial charge in [-0.2, -0.15) is 0 Å². The molecule has 0 saturated carbocycles. The number of nitrogen functional groups attached to an aromatic ring is 1. The van der Waals surface area contributed by atoms with Gasteiger partial charge in [0.2, 0.25) is 0 Å². The van der Waals surface area contributed by atoms with E-state index in [9.17, 15) is 9.59 Å². The molecule has 4 rings (SSSR count). The lowest BCUT2D eigenvalue weighted by atomic mass is 10.0. The van der Waals surface area contributed by atoms with Crippen LogP contribution in [0.15, 0.2) is 60.7 Å². The monoisotopic (exact) mass is 432 g/mol. The molecular formula is C24H24N4O4. The summed E-state index contributed by atoms with van der Waals surface area (Å²) in [5, 5.41) is 20.8. The summed E-state index contributed by atoms with van der Waals surface area (Å²) in [4.78, 5) is 24.2. The number of nitrogens with two attached hydrogens (primary N) is 1. The minimum atomic E-state index is -1.53. The molecule has 3 aromatic carbocycles. The van der Waals surface area contributed by atoms with Crippen molar-refractivity contribution in [1.29, 1.82) is 5.41 Å². The van der Waals surface area contributed by atoms with E-state index in [0.29, 0.717) is 11.4 Å². The number of likely N-dealkylation sites (tertiary alicyclic amines) is 1. The van der Waals surface area contributed by atoms with Crippen molar-refractivity contribution in [3.8, 4) is 5.75 Å². The number of rotatable bonds is 6. The van der Waals surface area contributed by atoms with Crippen LogP contribution in [0.3, 0.4) is 0 Å². The fourth-order valence-corrected chi connectivity index (χ4v) is 3.85. The lowest BCUT2D eigenvalue weighted by molar-refractivity contribution is -0.147. The predicted molar refractivity (Wildman–Crippen MR) is 122 cm³/mol. The summed E-state index contributed by atoms with van der Waals surface area (Å²) in [7, 11) is 0. The Morgan fingerprint density at radius 3 is 2.56 bits per heavy atom. The smallest absolute Gasteiger partial charge is 0.394 e. The molecule has 1 amide bonds. The van der Waals surface area contributed by atoms with Crippen LogP contribution in [0.2, 0.25) is 0 Å². The van der Waals surface area contributed by atoms with Gasteiger partial charge in [-0.05, 0) is 59.2 Å². The van der Waals surface area contributed by atoms with Crippen molar-refractivity contribution in [3.63, 3.8) is 0 Å². The first-order valence-corrected chi connectivity index (χ1v) is 10.3. The zero-order valence-electron chi connectivity index (χ0n) is 17.4. The third kappa shape index (κ3) is 5.04. The van der Waals surface area contributed by atoms with Crippen LogP contribution < -0.4 is 15.8 Å². The lowest BCUT2D eigenvalue weighted by Crippen LogP contribution is -2.24. The molecule has 164 valence electrons. The van der Waals surface area contributed by atoms with Gasteiger partial charge < -0.3 is 20.9 Å². The molecule has 0 radical (unpaired) electrons. The van der Waals surface area contributed by atoms with Gasteiger partial charge in [-0.1, -0.05) is 24.3 Å². The minimum absolute atomic E-state index is 0.0548. The summed E-state index contributed by atoms with van der Waals surface area (Å²) in [6.07, 6.45) is 0.957. The Morgan fingerprint density at radius 2 is 1.84 bits per heavy atom. The summed E-state index contributed by atoms with van der Waals surface area (Å²) in [5.41, 5.74) is 7.93. The molecule has 8 heteroatoms. The molecule has 1 atom stereocenters. The quantitative estimate of drug-likeness (QED) is 0.269. The highest BCUT2D eigenvalue weighted by Gasteiger charge is 2.24. The summed E-state index contributed by atoms with van der Waals surface area (Å²) in [6, 6.07) is 18.8. The maximum absolute atomic E-state index is 11.2. The number of anilines is 1. The van der Waals surface area contributed by atoms with Gasteiger partial charge in [0.05, 0.1) is 0 Å². The van der Waals surface area contributed by atoms with Crippen LogP contribution in [0.5, 0.6) is 5.75 Å². The Hall–Kier alpha value is -3.91. The molecule has 0 bridgehead atoms. The highest BCUT2D eigenvalue weighted by atomic mass is 16.5. The zero-order valence-corrected chi connectivity index (χ0v) is 17.4. The number of nitrogens with one attached hydrogen (secondary N) is 2. The van der Waals surface area contributed by atoms with Crippen molar-refractivity contribution in [1.82, 2.24) is 4.90 Å². The van der Waals surface area contributed by atoms with Gasteiger partial charge in [0, 0.05) is 30.9 Å². The SMILES string of the molecule is N=C(N)c1ccc2ccc(CN3CCC(Oc4ccc(NC(=O)C(=O)O)cc4)C3)cc2c1. The third-order valence-corrected chi connectivity index (χ3v) is 5.46. The zero-order chi connectivity index (χ0) is 22.7. The van der Waals surface area contributed by atoms with Crippen molar-refractivity contribution in [2.24, 2.45) is 5.73 Å². The molecule has 1 unspecified atom stereocenters. The Bertz CT molecular complexity index is 1180. The molecule has 0 aliphatic carbocycles. The van der Waals surface area contributed by atoms with Crippen molar-refractivity contribution < 1.29 is 19.4 Å². The molecule has 3 aromatic rings. The second kappa shape index (κ2) is 9.07. The molecular weight excluding hydrogens is 408 g/mol. The van der Waals surface area contributed by atoms with Gasteiger partial charge in [0.25, 0.3) is 0 Å². The molecule has 1 aliphatic rings. The van der Waals surface area contributed by atoms with E-state index in [4.69, 9.17) is 21.0 Å². The van der Waals surface area contributed by atoms with Crippen molar-refractivity contribution >= 4 is 34.2 Å². The van der Waals surface area contributed by atoms with E-state index in [1.54, 1.807) is 24.3 Å². The average Bonchev–Trinajstić information content (AvgIpc) is 3.21. The van der Waals surface area contributed by atoms with Crippen LogP contribution in [0.4, 0.5) is 5.69 Å². The first kappa shape index (κ1) is 21.3. The average molecular weight is 432 g/mol. The number of amidine groups is 1. The van der Waals surface area contributed by atoms with Crippen molar-refractivity contribution in [2.75, 3.05) is 18.4 Å². The summed E-state index contributed by atoms with van der Waals surface area (Å²) >= 11 is 0. The largest absolute Gasteiger partial charge is 0.489 e. The van der Waals surface area contributed by atoms with E-state index in [-0.39, 0.29) is 11.9 Å². The van der Waals surface area contributed by atoms with Crippen LogP contribution in [0, 0.1) is 5.41 Å². The Morgan fingerprint density at radius 1 is 1.09 bits per heavy atom. The number of carboxylic acid groups (broad SMARTS) is 1. The Kier molecular flexibility index (Phi) is 6.04. The maximum atomic E-state index is 11.2. The standard InChI is InChI=1S/C24H24N4O4/c25-22(26)17-4-3-16-2-1-15(11-18(16)12-17)13-28-10-9-21(14-28)32-20-7-5-19(6-8-20)27-23(29)24(30)31/h1-8,11-12,21H,9-10,13-14H2,(H3,25,26)(H,27,29)(H,30,31). The highest BCUT2D eigenvalue weighted by Crippen LogP contribution is 2.23. The fraction of sp³-hybridized carbons (Fsp3) is 0.208. The number of amides is 1. The normalized spacial score (nSPS) is 16.1. The van der Waals surface area contributed by atoms with E-state index in [1.807, 2.05) is 18.2 Å². The molecule has 32 heavy (non-hydrogen) atoms. The number of nitrogens with zero attached hydrogens (tertiary/aromatic N) is 1. The van der Waals surface area contributed by atoms with Crippen molar-refractivity contribution in [2.45, 2.75) is 19.1 Å². The van der Waals surface area contributed by atoms with Gasteiger partial charge in [0.1, 0.15) is 17.7 Å². The minimum Gasteiger partial charge on any atom is -0.489 e. The van der Waals surface area contributed by atoms with E-state index in [0.717, 1.165) is 42.4 Å². The van der Waals surface area contributed by atoms with E-state index in [1.165, 1.54) is 5.56 Å². The number of ether oxygens (including phenoxy) is 1. The summed E-state index contributed by atoms with van der Waals surface area (Å²) in [6.45, 7) is 2.52. The number of carbonyl (C=O) groups excluding carboxylic acids is 1. The number of aliphatic carboxylic acids is 1. The first-order valence-electron chi connectivity index (χ1n) is 10.3. The highest BCUT2D eigenvalue weighted by molar-refractivity contribution is 6.36. The Labute approximate surface area is 185 Å². The third-order valence-electron chi connectivity index (χ3n) is 5.46. The molecule has 0 spiro atoms. The van der Waals surface area contributed by atoms with Crippen LogP contribution in [0.1, 0.15) is 17.5 Å². The van der Waals surface area contributed by atoms with E-state index >= 15 is 0 Å². The number of hydrogen-bond donors (Lipinski definition) is 4. The van der Waals surface area contributed by atoms with Gasteiger partial charge in [-0.15, -0.1) is 0 Å². The molecule has 0 aromatic heterocycles. The van der Waals surface area contributed by atoms with E-state index < -0.39 is 11.9 Å². The van der Waals surface area contributed by atoms with Crippen LogP contribution in [-0.2, 0) is 16.1 Å². The lowest BCUT2D eigenvalue weighted by Gasteiger charge is -2.17. The molecule has 5 N–H and O–H groups in total. The molecule has 1 heterocycles. The van der Waals surface area contributed by atoms with Crippen LogP contribution in [0.25, 0.3) is 10.8 Å². The predicted octanol–water partition coefficient (Wildman–Crippen LogP) is 2.80.